The van der Waals surface area contributed by atoms with Gasteiger partial charge >= 0.3 is 0 Å². The van der Waals surface area contributed by atoms with Gasteiger partial charge in [0.1, 0.15) is 5.75 Å². The van der Waals surface area contributed by atoms with Crippen LogP contribution in [0.25, 0.3) is 0 Å². The summed E-state index contributed by atoms with van der Waals surface area (Å²) in [7, 11) is 0.297. The number of ether oxygens (including phenoxy) is 1. The van der Waals surface area contributed by atoms with E-state index < -0.39 is 9.84 Å². The molecule has 1 aromatic rings. The molecule has 22 heavy (non-hydrogen) atoms. The summed E-state index contributed by atoms with van der Waals surface area (Å²) in [6.07, 6.45) is 0.525. The number of para-hydroxylation sites is 1. The molecular formula is C15H22N2O4S. The number of methoxy groups -OCH3 is 1. The van der Waals surface area contributed by atoms with Crippen LogP contribution < -0.4 is 10.1 Å². The molecule has 0 saturated carbocycles. The van der Waals surface area contributed by atoms with E-state index in [4.69, 9.17) is 4.74 Å². The average molecular weight is 326 g/mol. The van der Waals surface area contributed by atoms with Crippen molar-refractivity contribution in [2.45, 2.75) is 19.0 Å². The molecule has 0 bridgehead atoms. The van der Waals surface area contributed by atoms with Crippen LogP contribution >= 0.6 is 0 Å². The molecule has 0 radical (unpaired) electrons. The molecule has 1 amide bonds. The first-order chi connectivity index (χ1) is 10.4. The van der Waals surface area contributed by atoms with Crippen molar-refractivity contribution in [3.63, 3.8) is 0 Å². The number of carbonyl (C=O) groups excluding carboxylic acids is 1. The highest BCUT2D eigenvalue weighted by Gasteiger charge is 2.32. The van der Waals surface area contributed by atoms with Gasteiger partial charge in [-0.25, -0.2) is 8.42 Å². The maximum atomic E-state index is 12.1. The van der Waals surface area contributed by atoms with Gasteiger partial charge in [-0.1, -0.05) is 18.2 Å². The van der Waals surface area contributed by atoms with Crippen molar-refractivity contribution in [3.05, 3.63) is 29.8 Å². The van der Waals surface area contributed by atoms with Crippen molar-refractivity contribution < 1.29 is 17.9 Å². The van der Waals surface area contributed by atoms with Crippen LogP contribution in [-0.4, -0.2) is 57.5 Å². The lowest BCUT2D eigenvalue weighted by Gasteiger charge is -2.23. The van der Waals surface area contributed by atoms with Gasteiger partial charge in [0.2, 0.25) is 5.91 Å². The Kier molecular flexibility index (Phi) is 5.42. The van der Waals surface area contributed by atoms with Crippen molar-refractivity contribution in [2.24, 2.45) is 0 Å². The highest BCUT2D eigenvalue weighted by Crippen LogP contribution is 2.17. The normalized spacial score (nSPS) is 19.8. The third-order valence-electron chi connectivity index (χ3n) is 3.93. The molecule has 1 heterocycles. The zero-order valence-electron chi connectivity index (χ0n) is 12.9. The summed E-state index contributed by atoms with van der Waals surface area (Å²) in [6, 6.07) is 7.40. The summed E-state index contributed by atoms with van der Waals surface area (Å²) in [5, 5.41) is 3.08. The van der Waals surface area contributed by atoms with Crippen LogP contribution in [0.4, 0.5) is 0 Å². The van der Waals surface area contributed by atoms with E-state index in [1.54, 1.807) is 19.1 Å². The van der Waals surface area contributed by atoms with Gasteiger partial charge in [-0.3, -0.25) is 4.79 Å². The van der Waals surface area contributed by atoms with Gasteiger partial charge in [0.25, 0.3) is 0 Å². The Morgan fingerprint density at radius 2 is 2.14 bits per heavy atom. The van der Waals surface area contributed by atoms with Crippen LogP contribution in [-0.2, 0) is 21.2 Å². The van der Waals surface area contributed by atoms with Crippen molar-refractivity contribution in [2.75, 3.05) is 32.2 Å². The zero-order valence-corrected chi connectivity index (χ0v) is 13.7. The fourth-order valence-electron chi connectivity index (χ4n) is 2.56. The minimum absolute atomic E-state index is 0.0712. The molecule has 0 spiro atoms. The molecule has 1 atom stereocenters. The second kappa shape index (κ2) is 7.11. The fourth-order valence-corrected chi connectivity index (χ4v) is 4.34. The van der Waals surface area contributed by atoms with Gasteiger partial charge in [0, 0.05) is 25.2 Å². The van der Waals surface area contributed by atoms with Gasteiger partial charge in [0.15, 0.2) is 9.84 Å². The fraction of sp³-hybridized carbons (Fsp3) is 0.533. The van der Waals surface area contributed by atoms with E-state index in [-0.39, 0.29) is 30.0 Å². The molecule has 6 nitrogen and oxygen atoms in total. The first-order valence-corrected chi connectivity index (χ1v) is 9.04. The van der Waals surface area contributed by atoms with Gasteiger partial charge in [-0.2, -0.15) is 0 Å². The number of nitrogens with one attached hydrogen (secondary N) is 1. The van der Waals surface area contributed by atoms with E-state index in [1.165, 1.54) is 0 Å². The zero-order chi connectivity index (χ0) is 16.2. The van der Waals surface area contributed by atoms with Crippen molar-refractivity contribution in [3.8, 4) is 5.75 Å². The Hall–Kier alpha value is -1.60. The topological polar surface area (TPSA) is 75.7 Å². The number of rotatable bonds is 6. The largest absolute Gasteiger partial charge is 0.496 e. The molecule has 0 aromatic heterocycles. The number of amides is 1. The molecule has 7 heteroatoms. The molecule has 0 aliphatic carbocycles. The van der Waals surface area contributed by atoms with Crippen LogP contribution in [0.1, 0.15) is 12.0 Å². The number of nitrogens with zero attached hydrogens (tertiary/aromatic N) is 1. The Labute approximate surface area is 131 Å². The molecule has 1 unspecified atom stereocenters. The van der Waals surface area contributed by atoms with E-state index in [9.17, 15) is 13.2 Å². The van der Waals surface area contributed by atoms with Crippen LogP contribution in [0.15, 0.2) is 24.3 Å². The van der Waals surface area contributed by atoms with Crippen molar-refractivity contribution in [1.82, 2.24) is 10.2 Å². The third-order valence-corrected chi connectivity index (χ3v) is 5.68. The van der Waals surface area contributed by atoms with E-state index in [0.29, 0.717) is 13.0 Å². The van der Waals surface area contributed by atoms with Crippen LogP contribution in [0.5, 0.6) is 5.75 Å². The summed E-state index contributed by atoms with van der Waals surface area (Å²) in [5.74, 6) is 0.917. The molecule has 1 aliphatic rings. The lowest BCUT2D eigenvalue weighted by molar-refractivity contribution is -0.130. The summed E-state index contributed by atoms with van der Waals surface area (Å²) in [6.45, 7) is 0.692. The van der Waals surface area contributed by atoms with Gasteiger partial charge in [-0.15, -0.1) is 0 Å². The number of carbonyl (C=O) groups is 1. The SMILES string of the molecule is COc1ccccc1CNCC(=O)N(C)C1CCS(=O)(=O)C1. The monoisotopic (exact) mass is 326 g/mol. The highest BCUT2D eigenvalue weighted by atomic mass is 32.2. The van der Waals surface area contributed by atoms with E-state index in [1.807, 2.05) is 24.3 Å². The molecular weight excluding hydrogens is 304 g/mol. The summed E-state index contributed by atoms with van der Waals surface area (Å²) < 4.78 is 28.2. The van der Waals surface area contributed by atoms with Crippen LogP contribution in [0, 0.1) is 0 Å². The molecule has 1 fully saturated rings. The molecule has 1 saturated heterocycles. The molecule has 1 aromatic carbocycles. The second-order valence-corrected chi connectivity index (χ2v) is 7.71. The minimum Gasteiger partial charge on any atom is -0.496 e. The predicted molar refractivity (Wildman–Crippen MR) is 84.5 cm³/mol. The number of hydrogen-bond acceptors (Lipinski definition) is 5. The van der Waals surface area contributed by atoms with Crippen molar-refractivity contribution >= 4 is 15.7 Å². The summed E-state index contributed by atoms with van der Waals surface area (Å²) >= 11 is 0. The Bertz CT molecular complexity index is 630. The van der Waals surface area contributed by atoms with Gasteiger partial charge in [-0.05, 0) is 12.5 Å². The first kappa shape index (κ1) is 16.8. The molecule has 1 N–H and O–H groups in total. The average Bonchev–Trinajstić information content (AvgIpc) is 2.87. The maximum absolute atomic E-state index is 12.1. The van der Waals surface area contributed by atoms with E-state index >= 15 is 0 Å². The Morgan fingerprint density at radius 3 is 2.77 bits per heavy atom. The lowest BCUT2D eigenvalue weighted by Crippen LogP contribution is -2.42. The van der Waals surface area contributed by atoms with E-state index in [0.717, 1.165) is 11.3 Å². The third kappa shape index (κ3) is 4.20. The summed E-state index contributed by atoms with van der Waals surface area (Å²) in [5.41, 5.74) is 0.976. The van der Waals surface area contributed by atoms with Gasteiger partial charge < -0.3 is 15.0 Å². The quantitative estimate of drug-likeness (QED) is 0.820. The number of benzene rings is 1. The van der Waals surface area contributed by atoms with Crippen LogP contribution in [0.3, 0.4) is 0 Å². The maximum Gasteiger partial charge on any atom is 0.236 e. The second-order valence-electron chi connectivity index (χ2n) is 5.48. The molecule has 122 valence electrons. The smallest absolute Gasteiger partial charge is 0.236 e. The number of sulfone groups is 1. The Morgan fingerprint density at radius 1 is 1.41 bits per heavy atom. The molecule has 2 rings (SSSR count). The highest BCUT2D eigenvalue weighted by molar-refractivity contribution is 7.91. The number of likely N-dealkylation sites (N-methyl/N-ethyl adjacent to an activating group) is 1. The van der Waals surface area contributed by atoms with E-state index in [2.05, 4.69) is 5.32 Å². The predicted octanol–water partition coefficient (Wildman–Crippen LogP) is 0.430. The van der Waals surface area contributed by atoms with Gasteiger partial charge in [0.05, 0.1) is 25.2 Å². The minimum atomic E-state index is -2.98. The summed E-state index contributed by atoms with van der Waals surface area (Å²) in [4.78, 5) is 13.7. The van der Waals surface area contributed by atoms with Crippen LogP contribution in [0.2, 0.25) is 0 Å². The molecule has 1 aliphatic heterocycles. The Balaban J connectivity index is 1.83. The first-order valence-electron chi connectivity index (χ1n) is 7.21. The standard InChI is InChI=1S/C15H22N2O4S/c1-17(13-7-8-22(19,20)11-13)15(18)10-16-9-12-5-3-4-6-14(12)21-2/h3-6,13,16H,7-11H2,1-2H3. The number of hydrogen-bond donors (Lipinski definition) is 1. The van der Waals surface area contributed by atoms with Crippen molar-refractivity contribution in [1.29, 1.82) is 0 Å². The lowest BCUT2D eigenvalue weighted by atomic mass is 10.2.